The highest BCUT2D eigenvalue weighted by atomic mass is 16.5. The first-order valence-electron chi connectivity index (χ1n) is 6.89. The Morgan fingerprint density at radius 1 is 1.21 bits per heavy atom. The van der Waals surface area contributed by atoms with Gasteiger partial charge in [-0.3, -0.25) is 4.79 Å². The maximum absolute atomic E-state index is 11.5. The first-order valence-corrected chi connectivity index (χ1v) is 6.89. The molecule has 0 bridgehead atoms. The Morgan fingerprint density at radius 2 is 1.89 bits per heavy atom. The summed E-state index contributed by atoms with van der Waals surface area (Å²) in [5, 5.41) is 3.41. The van der Waals surface area contributed by atoms with Crippen molar-refractivity contribution in [1.82, 2.24) is 5.32 Å². The second kappa shape index (κ2) is 7.95. The van der Waals surface area contributed by atoms with E-state index in [0.717, 1.165) is 32.4 Å². The Bertz CT molecular complexity index is 374. The minimum absolute atomic E-state index is 0.121. The number of ether oxygens (including phenoxy) is 1. The topological polar surface area (TPSA) is 38.3 Å². The first kappa shape index (κ1) is 15.7. The number of methoxy groups -OCH3 is 1. The average Bonchev–Trinajstić information content (AvgIpc) is 2.42. The molecular formula is C16H25NO2. The molecule has 0 aromatic heterocycles. The monoisotopic (exact) mass is 263 g/mol. The minimum Gasteiger partial charge on any atom is -0.469 e. The highest BCUT2D eigenvalue weighted by Crippen LogP contribution is 2.24. The van der Waals surface area contributed by atoms with Gasteiger partial charge < -0.3 is 10.1 Å². The van der Waals surface area contributed by atoms with Crippen LogP contribution in [0.4, 0.5) is 0 Å². The summed E-state index contributed by atoms with van der Waals surface area (Å²) in [6.45, 7) is 5.76. The Hall–Kier alpha value is -1.35. The van der Waals surface area contributed by atoms with Crippen LogP contribution in [0.15, 0.2) is 30.3 Å². The van der Waals surface area contributed by atoms with Crippen LogP contribution in [0.5, 0.6) is 0 Å². The summed E-state index contributed by atoms with van der Waals surface area (Å²) in [6, 6.07) is 10.4. The van der Waals surface area contributed by atoms with Crippen molar-refractivity contribution in [2.45, 2.75) is 39.7 Å². The number of hydrogen-bond acceptors (Lipinski definition) is 3. The number of carbonyl (C=O) groups excluding carboxylic acids is 1. The fourth-order valence-corrected chi connectivity index (χ4v) is 2.02. The molecule has 1 aromatic rings. The van der Waals surface area contributed by atoms with Gasteiger partial charge in [-0.25, -0.2) is 0 Å². The molecule has 0 unspecified atom stereocenters. The third-order valence-electron chi connectivity index (χ3n) is 3.32. The molecule has 0 aliphatic carbocycles. The molecule has 3 nitrogen and oxygen atoms in total. The summed E-state index contributed by atoms with van der Waals surface area (Å²) >= 11 is 0. The predicted molar refractivity (Wildman–Crippen MR) is 77.8 cm³/mol. The maximum atomic E-state index is 11.5. The first-order chi connectivity index (χ1) is 9.06. The van der Waals surface area contributed by atoms with E-state index in [1.165, 1.54) is 12.7 Å². The van der Waals surface area contributed by atoms with Crippen molar-refractivity contribution in [3.8, 4) is 0 Å². The van der Waals surface area contributed by atoms with Gasteiger partial charge in [-0.05, 0) is 38.8 Å². The molecule has 0 aliphatic heterocycles. The van der Waals surface area contributed by atoms with Crippen molar-refractivity contribution < 1.29 is 9.53 Å². The van der Waals surface area contributed by atoms with E-state index in [4.69, 9.17) is 4.74 Å². The lowest BCUT2D eigenvalue weighted by Crippen LogP contribution is -2.25. The Labute approximate surface area is 116 Å². The zero-order valence-corrected chi connectivity index (χ0v) is 12.2. The molecule has 19 heavy (non-hydrogen) atoms. The summed E-state index contributed by atoms with van der Waals surface area (Å²) in [5.41, 5.74) is 0.936. The maximum Gasteiger partial charge on any atom is 0.311 e. The van der Waals surface area contributed by atoms with Gasteiger partial charge in [0.15, 0.2) is 0 Å². The summed E-state index contributed by atoms with van der Waals surface area (Å²) in [6.07, 6.45) is 2.98. The van der Waals surface area contributed by atoms with E-state index in [-0.39, 0.29) is 11.4 Å². The lowest BCUT2D eigenvalue weighted by Gasteiger charge is -2.21. The molecule has 0 spiro atoms. The largest absolute Gasteiger partial charge is 0.469 e. The third kappa shape index (κ3) is 5.88. The fourth-order valence-electron chi connectivity index (χ4n) is 2.02. The Morgan fingerprint density at radius 3 is 2.53 bits per heavy atom. The summed E-state index contributed by atoms with van der Waals surface area (Å²) < 4.78 is 4.80. The smallest absolute Gasteiger partial charge is 0.311 e. The van der Waals surface area contributed by atoms with Crippen molar-refractivity contribution in [2.75, 3.05) is 13.7 Å². The molecule has 1 N–H and O–H groups in total. The molecule has 1 rings (SSSR count). The standard InChI is InChI=1S/C16H25NO2/c1-16(2,15(18)19-3)11-7-8-12-17-13-14-9-5-4-6-10-14/h4-6,9-10,17H,7-8,11-13H2,1-3H3. The lowest BCUT2D eigenvalue weighted by molar-refractivity contribution is -0.151. The molecule has 1 aromatic carbocycles. The van der Waals surface area contributed by atoms with Crippen LogP contribution < -0.4 is 5.32 Å². The third-order valence-corrected chi connectivity index (χ3v) is 3.32. The van der Waals surface area contributed by atoms with Gasteiger partial charge in [0.25, 0.3) is 0 Å². The molecule has 0 fully saturated rings. The van der Waals surface area contributed by atoms with Gasteiger partial charge in [0.2, 0.25) is 0 Å². The van der Waals surface area contributed by atoms with Crippen LogP contribution in [-0.2, 0) is 16.1 Å². The van der Waals surface area contributed by atoms with Gasteiger partial charge in [0, 0.05) is 6.54 Å². The molecule has 0 amide bonds. The van der Waals surface area contributed by atoms with Crippen molar-refractivity contribution in [3.05, 3.63) is 35.9 Å². The molecular weight excluding hydrogens is 238 g/mol. The number of esters is 1. The van der Waals surface area contributed by atoms with Crippen LogP contribution in [0.1, 0.15) is 38.7 Å². The van der Waals surface area contributed by atoms with Crippen molar-refractivity contribution in [2.24, 2.45) is 5.41 Å². The average molecular weight is 263 g/mol. The van der Waals surface area contributed by atoms with Crippen LogP contribution in [0.2, 0.25) is 0 Å². The number of benzene rings is 1. The Balaban J connectivity index is 2.10. The summed E-state index contributed by atoms with van der Waals surface area (Å²) in [5.74, 6) is -0.121. The molecule has 106 valence electrons. The van der Waals surface area contributed by atoms with E-state index in [1.54, 1.807) is 0 Å². The summed E-state index contributed by atoms with van der Waals surface area (Å²) in [7, 11) is 1.45. The SMILES string of the molecule is COC(=O)C(C)(C)CCCCNCc1ccccc1. The number of rotatable bonds is 8. The number of nitrogens with one attached hydrogen (secondary N) is 1. The predicted octanol–water partition coefficient (Wildman–Crippen LogP) is 3.15. The van der Waals surface area contributed by atoms with Gasteiger partial charge in [0.05, 0.1) is 12.5 Å². The molecule has 0 aliphatic rings. The van der Waals surface area contributed by atoms with Crippen LogP contribution in [-0.4, -0.2) is 19.6 Å². The van der Waals surface area contributed by atoms with Crippen molar-refractivity contribution >= 4 is 5.97 Å². The van der Waals surface area contributed by atoms with Crippen LogP contribution >= 0.6 is 0 Å². The van der Waals surface area contributed by atoms with E-state index >= 15 is 0 Å². The minimum atomic E-state index is -0.367. The van der Waals surface area contributed by atoms with E-state index in [2.05, 4.69) is 29.6 Å². The van der Waals surface area contributed by atoms with E-state index in [1.807, 2.05) is 19.9 Å². The number of hydrogen-bond donors (Lipinski definition) is 1. The van der Waals surface area contributed by atoms with Gasteiger partial charge in [-0.1, -0.05) is 36.8 Å². The van der Waals surface area contributed by atoms with E-state index < -0.39 is 0 Å². The normalized spacial score (nSPS) is 11.3. The molecule has 0 heterocycles. The van der Waals surface area contributed by atoms with Gasteiger partial charge >= 0.3 is 5.97 Å². The van der Waals surface area contributed by atoms with Gasteiger partial charge in [0.1, 0.15) is 0 Å². The number of carbonyl (C=O) groups is 1. The van der Waals surface area contributed by atoms with Crippen LogP contribution in [0.25, 0.3) is 0 Å². The van der Waals surface area contributed by atoms with Gasteiger partial charge in [-0.2, -0.15) is 0 Å². The lowest BCUT2D eigenvalue weighted by atomic mass is 9.87. The highest BCUT2D eigenvalue weighted by molar-refractivity contribution is 5.75. The van der Waals surface area contributed by atoms with Gasteiger partial charge in [-0.15, -0.1) is 0 Å². The summed E-state index contributed by atoms with van der Waals surface area (Å²) in [4.78, 5) is 11.5. The van der Waals surface area contributed by atoms with Crippen molar-refractivity contribution in [1.29, 1.82) is 0 Å². The molecule has 0 saturated carbocycles. The second-order valence-corrected chi connectivity index (χ2v) is 5.49. The van der Waals surface area contributed by atoms with Crippen LogP contribution in [0.3, 0.4) is 0 Å². The molecule has 0 atom stereocenters. The molecule has 0 radical (unpaired) electrons. The van der Waals surface area contributed by atoms with Crippen LogP contribution in [0, 0.1) is 5.41 Å². The van der Waals surface area contributed by atoms with Crippen molar-refractivity contribution in [3.63, 3.8) is 0 Å². The molecule has 3 heteroatoms. The Kier molecular flexibility index (Phi) is 6.57. The second-order valence-electron chi connectivity index (χ2n) is 5.49. The zero-order valence-electron chi connectivity index (χ0n) is 12.2. The fraction of sp³-hybridized carbons (Fsp3) is 0.562. The van der Waals surface area contributed by atoms with E-state index in [0.29, 0.717) is 0 Å². The number of unbranched alkanes of at least 4 members (excludes halogenated alkanes) is 1. The van der Waals surface area contributed by atoms with E-state index in [9.17, 15) is 4.79 Å². The molecule has 0 saturated heterocycles. The quantitative estimate of drug-likeness (QED) is 0.578. The zero-order chi connectivity index (χ0) is 14.1. The highest BCUT2D eigenvalue weighted by Gasteiger charge is 2.27.